The highest BCUT2D eigenvalue weighted by Crippen LogP contribution is 2.20. The maximum absolute atomic E-state index is 12.4. The number of aliphatic hydroxyl groups excluding tert-OH is 1. The quantitative estimate of drug-likeness (QED) is 0.570. The molecule has 0 aliphatic carbocycles. The topological polar surface area (TPSA) is 128 Å². The third kappa shape index (κ3) is 7.34. The minimum atomic E-state index is -3.68. The molecule has 2 rings (SSSR count). The van der Waals surface area contributed by atoms with Crippen LogP contribution in [0.3, 0.4) is 0 Å². The number of carbonyl (C=O) groups excluding carboxylic acids is 2. The van der Waals surface area contributed by atoms with Crippen LogP contribution in [0.5, 0.6) is 0 Å². The number of nitrogens with one attached hydrogen (secondary N) is 1. The smallest absolute Gasteiger partial charge is 0.407 e. The molecule has 2 N–H and O–H groups in total. The minimum Gasteiger partial charge on any atom is -0.462 e. The number of esters is 1. The van der Waals surface area contributed by atoms with Crippen molar-refractivity contribution in [3.05, 3.63) is 29.3 Å². The van der Waals surface area contributed by atoms with Crippen LogP contribution in [0, 0.1) is 5.41 Å². The summed E-state index contributed by atoms with van der Waals surface area (Å²) in [5.41, 5.74) is -0.687. The number of hydrogen-bond donors (Lipinski definition) is 2. The number of alkyl carbamates (subject to hydrolysis) is 1. The molecular formula is C20H28ClNO8S. The summed E-state index contributed by atoms with van der Waals surface area (Å²) in [6, 6.07) is 4.89. The van der Waals surface area contributed by atoms with E-state index in [9.17, 15) is 23.1 Å². The molecule has 31 heavy (non-hydrogen) atoms. The largest absolute Gasteiger partial charge is 0.462 e. The van der Waals surface area contributed by atoms with E-state index >= 15 is 0 Å². The number of benzene rings is 1. The van der Waals surface area contributed by atoms with Crippen molar-refractivity contribution in [2.24, 2.45) is 5.41 Å². The van der Waals surface area contributed by atoms with Gasteiger partial charge < -0.3 is 24.6 Å². The van der Waals surface area contributed by atoms with Crippen LogP contribution >= 0.6 is 11.6 Å². The van der Waals surface area contributed by atoms with Gasteiger partial charge in [0.15, 0.2) is 9.84 Å². The highest BCUT2D eigenvalue weighted by atomic mass is 35.5. The van der Waals surface area contributed by atoms with E-state index in [1.54, 1.807) is 20.8 Å². The van der Waals surface area contributed by atoms with E-state index in [2.05, 4.69) is 5.32 Å². The Morgan fingerprint density at radius 1 is 1.29 bits per heavy atom. The van der Waals surface area contributed by atoms with Crippen LogP contribution in [-0.4, -0.2) is 68.9 Å². The zero-order chi connectivity index (χ0) is 23.4. The fourth-order valence-electron chi connectivity index (χ4n) is 2.78. The lowest BCUT2D eigenvalue weighted by molar-refractivity contribution is -0.157. The first kappa shape index (κ1) is 25.4. The number of sulfone groups is 1. The van der Waals surface area contributed by atoms with E-state index in [1.165, 1.54) is 31.2 Å². The lowest BCUT2D eigenvalue weighted by Gasteiger charge is -2.21. The Bertz CT molecular complexity index is 881. The molecule has 1 fully saturated rings. The molecule has 9 nitrogen and oxygen atoms in total. The van der Waals surface area contributed by atoms with E-state index in [0.717, 1.165) is 0 Å². The Balaban J connectivity index is 1.82. The summed E-state index contributed by atoms with van der Waals surface area (Å²) in [6.45, 7) is 6.40. The second kappa shape index (κ2) is 10.2. The van der Waals surface area contributed by atoms with Crippen molar-refractivity contribution in [2.45, 2.75) is 56.9 Å². The Labute approximate surface area is 186 Å². The van der Waals surface area contributed by atoms with Gasteiger partial charge in [-0.25, -0.2) is 13.2 Å². The maximum atomic E-state index is 12.4. The van der Waals surface area contributed by atoms with Crippen molar-refractivity contribution >= 4 is 33.5 Å². The summed E-state index contributed by atoms with van der Waals surface area (Å²) < 4.78 is 40.5. The monoisotopic (exact) mass is 477 g/mol. The second-order valence-corrected chi connectivity index (χ2v) is 10.9. The van der Waals surface area contributed by atoms with Gasteiger partial charge >= 0.3 is 12.1 Å². The van der Waals surface area contributed by atoms with Crippen molar-refractivity contribution in [2.75, 3.05) is 19.0 Å². The number of hydrogen-bond acceptors (Lipinski definition) is 8. The highest BCUT2D eigenvalue weighted by molar-refractivity contribution is 7.91. The molecule has 0 aromatic heterocycles. The average Bonchev–Trinajstić information content (AvgIpc) is 2.98. The molecule has 0 bridgehead atoms. The van der Waals surface area contributed by atoms with E-state index in [1.807, 2.05) is 0 Å². The maximum Gasteiger partial charge on any atom is 0.407 e. The third-order valence-corrected chi connectivity index (χ3v) is 6.66. The summed E-state index contributed by atoms with van der Waals surface area (Å²) in [6.07, 6.45) is -3.74. The molecule has 1 amide bonds. The number of rotatable bonds is 7. The summed E-state index contributed by atoms with van der Waals surface area (Å²) in [7, 11) is -3.68. The molecule has 2 unspecified atom stereocenters. The fraction of sp³-hybridized carbons (Fsp3) is 0.600. The molecule has 1 saturated heterocycles. The number of aliphatic hydroxyl groups is 1. The van der Waals surface area contributed by atoms with Gasteiger partial charge in [0, 0.05) is 5.02 Å². The van der Waals surface area contributed by atoms with Crippen LogP contribution in [0.2, 0.25) is 5.02 Å². The molecule has 1 heterocycles. The van der Waals surface area contributed by atoms with Crippen LogP contribution in [0.15, 0.2) is 29.2 Å². The van der Waals surface area contributed by atoms with E-state index < -0.39 is 57.4 Å². The zero-order valence-electron chi connectivity index (χ0n) is 17.8. The molecule has 1 aliphatic rings. The molecule has 174 valence electrons. The normalized spacial score (nSPS) is 22.6. The number of halogens is 1. The van der Waals surface area contributed by atoms with Crippen LogP contribution in [0.25, 0.3) is 0 Å². The van der Waals surface area contributed by atoms with Crippen LogP contribution < -0.4 is 5.32 Å². The predicted molar refractivity (Wildman–Crippen MR) is 113 cm³/mol. The molecule has 1 aliphatic heterocycles. The van der Waals surface area contributed by atoms with Gasteiger partial charge in [-0.3, -0.25) is 4.79 Å². The molecule has 0 saturated carbocycles. The van der Waals surface area contributed by atoms with Crippen molar-refractivity contribution in [1.29, 1.82) is 0 Å². The lowest BCUT2D eigenvalue weighted by Crippen LogP contribution is -2.46. The first-order valence-electron chi connectivity index (χ1n) is 9.72. The van der Waals surface area contributed by atoms with Gasteiger partial charge in [-0.15, -0.1) is 0 Å². The first-order chi connectivity index (χ1) is 14.3. The van der Waals surface area contributed by atoms with E-state index in [-0.39, 0.29) is 18.1 Å². The number of amides is 1. The molecule has 1 aromatic carbocycles. The van der Waals surface area contributed by atoms with Crippen LogP contribution in [0.4, 0.5) is 4.79 Å². The Hall–Kier alpha value is -1.88. The fourth-order valence-corrected chi connectivity index (χ4v) is 4.34. The van der Waals surface area contributed by atoms with E-state index in [0.29, 0.717) is 5.02 Å². The minimum absolute atomic E-state index is 0.00848. The molecule has 0 radical (unpaired) electrons. The lowest BCUT2D eigenvalue weighted by atomic mass is 9.97. The van der Waals surface area contributed by atoms with Gasteiger partial charge in [0.1, 0.15) is 24.9 Å². The van der Waals surface area contributed by atoms with Crippen molar-refractivity contribution < 1.29 is 37.3 Å². The molecule has 1 aromatic rings. The van der Waals surface area contributed by atoms with Crippen LogP contribution in [-0.2, 0) is 28.8 Å². The van der Waals surface area contributed by atoms with Gasteiger partial charge in [0.25, 0.3) is 0 Å². The molecule has 4 atom stereocenters. The summed E-state index contributed by atoms with van der Waals surface area (Å²) in [4.78, 5) is 24.0. The first-order valence-corrected chi connectivity index (χ1v) is 11.7. The Morgan fingerprint density at radius 2 is 1.90 bits per heavy atom. The average molecular weight is 478 g/mol. The standard InChI is InChI=1S/C20H28ClNO8S/c1-12(11-31(26,27)14-7-5-13(21)6-8-14)30-19(25)22-15-9-28-16(17(15)23)10-29-18(24)20(2,3)4/h5-8,12,15-17,23H,9-11H2,1-4H3,(H,22,25)/t12?,15?,16-,17-/m1/s1. The number of ether oxygens (including phenoxy) is 3. The van der Waals surface area contributed by atoms with Gasteiger partial charge in [0.05, 0.1) is 28.7 Å². The number of carbonyl (C=O) groups is 2. The molecular weight excluding hydrogens is 450 g/mol. The zero-order valence-corrected chi connectivity index (χ0v) is 19.4. The summed E-state index contributed by atoms with van der Waals surface area (Å²) in [5.74, 6) is -0.855. The van der Waals surface area contributed by atoms with Crippen molar-refractivity contribution in [3.63, 3.8) is 0 Å². The van der Waals surface area contributed by atoms with E-state index in [4.69, 9.17) is 25.8 Å². The Morgan fingerprint density at radius 3 is 2.48 bits per heavy atom. The Kier molecular flexibility index (Phi) is 8.32. The van der Waals surface area contributed by atoms with Gasteiger partial charge in [-0.1, -0.05) is 11.6 Å². The SMILES string of the molecule is CC(CS(=O)(=O)c1ccc(Cl)cc1)OC(=O)NC1CO[C@H](COC(=O)C(C)(C)C)[C@@H]1O. The van der Waals surface area contributed by atoms with Crippen LogP contribution in [0.1, 0.15) is 27.7 Å². The predicted octanol–water partition coefficient (Wildman–Crippen LogP) is 1.95. The van der Waals surface area contributed by atoms with Gasteiger partial charge in [-0.2, -0.15) is 0 Å². The second-order valence-electron chi connectivity index (χ2n) is 8.41. The summed E-state index contributed by atoms with van der Waals surface area (Å²) in [5, 5.41) is 13.2. The summed E-state index contributed by atoms with van der Waals surface area (Å²) >= 11 is 5.77. The van der Waals surface area contributed by atoms with Crippen molar-refractivity contribution in [1.82, 2.24) is 5.32 Å². The highest BCUT2D eigenvalue weighted by Gasteiger charge is 2.39. The molecule has 11 heteroatoms. The molecule has 0 spiro atoms. The van der Waals surface area contributed by atoms with Gasteiger partial charge in [0.2, 0.25) is 0 Å². The van der Waals surface area contributed by atoms with Gasteiger partial charge in [-0.05, 0) is 52.0 Å². The van der Waals surface area contributed by atoms with Crippen molar-refractivity contribution in [3.8, 4) is 0 Å². The third-order valence-electron chi connectivity index (χ3n) is 4.51.